The molecule has 1 fully saturated rings. The van der Waals surface area contributed by atoms with Gasteiger partial charge in [-0.15, -0.1) is 11.8 Å². The summed E-state index contributed by atoms with van der Waals surface area (Å²) in [5, 5.41) is 9.61. The first kappa shape index (κ1) is 17.1. The first-order valence-electron chi connectivity index (χ1n) is 8.29. The monoisotopic (exact) mass is 341 g/mol. The molecule has 3 nitrogen and oxygen atoms in total. The lowest BCUT2D eigenvalue weighted by Gasteiger charge is -2.16. The number of aryl methyl sites for hydroxylation is 2. The molecule has 0 saturated carbocycles. The van der Waals surface area contributed by atoms with E-state index in [-0.39, 0.29) is 12.0 Å². The van der Waals surface area contributed by atoms with Crippen molar-refractivity contribution in [1.82, 2.24) is 4.90 Å². The zero-order valence-corrected chi connectivity index (χ0v) is 15.0. The van der Waals surface area contributed by atoms with Gasteiger partial charge in [-0.05, 0) is 49.6 Å². The molecule has 1 amide bonds. The number of aliphatic hydroxyl groups is 1. The summed E-state index contributed by atoms with van der Waals surface area (Å²) in [5.41, 5.74) is 4.40. The van der Waals surface area contributed by atoms with E-state index < -0.39 is 0 Å². The SMILES string of the molecule is Cc1ccc(C)c(SCc2cccc(C(=O)N3CC[C@@H](O)C3)c2)c1. The number of likely N-dealkylation sites (tertiary alicyclic amines) is 1. The number of rotatable bonds is 4. The highest BCUT2D eigenvalue weighted by molar-refractivity contribution is 7.98. The molecule has 0 radical (unpaired) electrons. The van der Waals surface area contributed by atoms with Crippen LogP contribution < -0.4 is 0 Å². The van der Waals surface area contributed by atoms with Gasteiger partial charge in [-0.3, -0.25) is 4.79 Å². The van der Waals surface area contributed by atoms with Crippen LogP contribution in [-0.2, 0) is 5.75 Å². The molecule has 1 aliphatic rings. The van der Waals surface area contributed by atoms with Gasteiger partial charge in [0.15, 0.2) is 0 Å². The fraction of sp³-hybridized carbons (Fsp3) is 0.350. The molecule has 24 heavy (non-hydrogen) atoms. The van der Waals surface area contributed by atoms with Crippen molar-refractivity contribution in [3.05, 3.63) is 64.7 Å². The molecule has 1 heterocycles. The Labute approximate surface area is 147 Å². The van der Waals surface area contributed by atoms with Gasteiger partial charge in [-0.25, -0.2) is 0 Å². The van der Waals surface area contributed by atoms with E-state index in [1.165, 1.54) is 16.0 Å². The van der Waals surface area contributed by atoms with Crippen molar-refractivity contribution < 1.29 is 9.90 Å². The van der Waals surface area contributed by atoms with Gasteiger partial charge in [-0.2, -0.15) is 0 Å². The topological polar surface area (TPSA) is 40.5 Å². The first-order valence-corrected chi connectivity index (χ1v) is 9.28. The van der Waals surface area contributed by atoms with Crippen LogP contribution in [0.25, 0.3) is 0 Å². The Morgan fingerprint density at radius 1 is 1.25 bits per heavy atom. The third-order valence-corrected chi connectivity index (χ3v) is 5.59. The van der Waals surface area contributed by atoms with E-state index >= 15 is 0 Å². The second kappa shape index (κ2) is 7.41. The Bertz CT molecular complexity index is 744. The predicted molar refractivity (Wildman–Crippen MR) is 98.4 cm³/mol. The Kier molecular flexibility index (Phi) is 5.27. The Morgan fingerprint density at radius 2 is 2.08 bits per heavy atom. The van der Waals surface area contributed by atoms with E-state index in [1.54, 1.807) is 16.7 Å². The van der Waals surface area contributed by atoms with Crippen LogP contribution in [0.15, 0.2) is 47.4 Å². The van der Waals surface area contributed by atoms with Gasteiger partial charge in [0.2, 0.25) is 0 Å². The van der Waals surface area contributed by atoms with Crippen molar-refractivity contribution in [2.45, 2.75) is 37.0 Å². The van der Waals surface area contributed by atoms with Gasteiger partial charge >= 0.3 is 0 Å². The van der Waals surface area contributed by atoms with Crippen molar-refractivity contribution in [1.29, 1.82) is 0 Å². The molecule has 2 aromatic carbocycles. The summed E-state index contributed by atoms with van der Waals surface area (Å²) < 4.78 is 0. The van der Waals surface area contributed by atoms with Gasteiger partial charge in [0.25, 0.3) is 5.91 Å². The highest BCUT2D eigenvalue weighted by Gasteiger charge is 2.25. The Hall–Kier alpha value is -1.78. The quantitative estimate of drug-likeness (QED) is 0.860. The van der Waals surface area contributed by atoms with Crippen LogP contribution in [0.3, 0.4) is 0 Å². The number of amides is 1. The van der Waals surface area contributed by atoms with Crippen LogP contribution in [0.5, 0.6) is 0 Å². The molecule has 0 aliphatic carbocycles. The van der Waals surface area contributed by atoms with Gasteiger partial charge in [-0.1, -0.05) is 29.8 Å². The largest absolute Gasteiger partial charge is 0.391 e. The van der Waals surface area contributed by atoms with E-state index in [0.717, 1.165) is 11.3 Å². The highest BCUT2D eigenvalue weighted by atomic mass is 32.2. The predicted octanol–water partition coefficient (Wildman–Crippen LogP) is 3.80. The molecule has 1 saturated heterocycles. The minimum absolute atomic E-state index is 0.0186. The molecular formula is C20H23NO2S. The van der Waals surface area contributed by atoms with Crippen LogP contribution in [-0.4, -0.2) is 35.1 Å². The summed E-state index contributed by atoms with van der Waals surface area (Å²) in [5.74, 6) is 0.860. The summed E-state index contributed by atoms with van der Waals surface area (Å²) >= 11 is 1.80. The lowest BCUT2D eigenvalue weighted by Crippen LogP contribution is -2.29. The number of hydrogen-bond donors (Lipinski definition) is 1. The normalized spacial score (nSPS) is 17.3. The number of aliphatic hydroxyl groups excluding tert-OH is 1. The van der Waals surface area contributed by atoms with E-state index in [1.807, 2.05) is 18.2 Å². The van der Waals surface area contributed by atoms with Crippen LogP contribution >= 0.6 is 11.8 Å². The standard InChI is InChI=1S/C20H23NO2S/c1-14-6-7-15(2)19(10-14)24-13-16-4-3-5-17(11-16)20(23)21-9-8-18(22)12-21/h3-7,10-11,18,22H,8-9,12-13H2,1-2H3/t18-/m1/s1. The number of benzene rings is 2. The first-order chi connectivity index (χ1) is 11.5. The molecule has 0 aromatic heterocycles. The van der Waals surface area contributed by atoms with Crippen LogP contribution in [0.1, 0.15) is 33.5 Å². The fourth-order valence-corrected chi connectivity index (χ4v) is 3.99. The number of nitrogens with zero attached hydrogens (tertiary/aromatic N) is 1. The zero-order valence-electron chi connectivity index (χ0n) is 14.2. The lowest BCUT2D eigenvalue weighted by atomic mass is 10.1. The van der Waals surface area contributed by atoms with E-state index in [2.05, 4.69) is 38.1 Å². The molecular weight excluding hydrogens is 318 g/mol. The maximum absolute atomic E-state index is 12.5. The highest BCUT2D eigenvalue weighted by Crippen LogP contribution is 2.27. The molecule has 1 aliphatic heterocycles. The average Bonchev–Trinajstić information content (AvgIpc) is 3.02. The van der Waals surface area contributed by atoms with Crippen LogP contribution in [0.2, 0.25) is 0 Å². The van der Waals surface area contributed by atoms with Crippen molar-refractivity contribution in [2.24, 2.45) is 0 Å². The molecule has 0 spiro atoms. The molecule has 3 rings (SSSR count). The second-order valence-electron chi connectivity index (χ2n) is 6.45. The maximum Gasteiger partial charge on any atom is 0.253 e. The van der Waals surface area contributed by atoms with E-state index in [0.29, 0.717) is 25.1 Å². The maximum atomic E-state index is 12.5. The number of carbonyl (C=O) groups is 1. The minimum atomic E-state index is -0.378. The number of hydrogen-bond acceptors (Lipinski definition) is 3. The molecule has 1 N–H and O–H groups in total. The van der Waals surface area contributed by atoms with Gasteiger partial charge in [0.1, 0.15) is 0 Å². The lowest BCUT2D eigenvalue weighted by molar-refractivity contribution is 0.0765. The Morgan fingerprint density at radius 3 is 2.83 bits per heavy atom. The van der Waals surface area contributed by atoms with E-state index in [4.69, 9.17) is 0 Å². The average molecular weight is 341 g/mol. The minimum Gasteiger partial charge on any atom is -0.391 e. The third kappa shape index (κ3) is 4.00. The Balaban J connectivity index is 1.69. The summed E-state index contributed by atoms with van der Waals surface area (Å²) in [6, 6.07) is 14.3. The van der Waals surface area contributed by atoms with Crippen LogP contribution in [0.4, 0.5) is 0 Å². The molecule has 1 atom stereocenters. The van der Waals surface area contributed by atoms with Crippen molar-refractivity contribution in [3.8, 4) is 0 Å². The van der Waals surface area contributed by atoms with Crippen molar-refractivity contribution >= 4 is 17.7 Å². The number of thioether (sulfide) groups is 1. The molecule has 0 unspecified atom stereocenters. The summed E-state index contributed by atoms with van der Waals surface area (Å²) in [6.07, 6.45) is 0.297. The summed E-state index contributed by atoms with van der Waals surface area (Å²) in [4.78, 5) is 15.5. The van der Waals surface area contributed by atoms with Crippen molar-refractivity contribution in [3.63, 3.8) is 0 Å². The van der Waals surface area contributed by atoms with Gasteiger partial charge in [0.05, 0.1) is 6.10 Å². The number of carbonyl (C=O) groups excluding carboxylic acids is 1. The molecule has 0 bridgehead atoms. The number of β-amino-alcohol motifs (C(OH)–C–C–N with tert-alkyl or cyclic N) is 1. The van der Waals surface area contributed by atoms with Crippen molar-refractivity contribution in [2.75, 3.05) is 13.1 Å². The summed E-state index contributed by atoms with van der Waals surface area (Å²) in [6.45, 7) is 5.31. The zero-order chi connectivity index (χ0) is 17.1. The molecule has 126 valence electrons. The van der Waals surface area contributed by atoms with Gasteiger partial charge in [0, 0.05) is 29.3 Å². The smallest absolute Gasteiger partial charge is 0.253 e. The van der Waals surface area contributed by atoms with Gasteiger partial charge < -0.3 is 10.0 Å². The molecule has 4 heteroatoms. The third-order valence-electron chi connectivity index (χ3n) is 4.36. The summed E-state index contributed by atoms with van der Waals surface area (Å²) in [7, 11) is 0. The van der Waals surface area contributed by atoms with E-state index in [9.17, 15) is 9.90 Å². The second-order valence-corrected chi connectivity index (χ2v) is 7.47. The van der Waals surface area contributed by atoms with Crippen LogP contribution in [0, 0.1) is 13.8 Å². The molecule has 2 aromatic rings. The fourth-order valence-electron chi connectivity index (χ4n) is 2.93.